The number of aromatic nitrogens is 1. The van der Waals surface area contributed by atoms with Crippen LogP contribution in [0.5, 0.6) is 0 Å². The number of fused-ring (bicyclic) bond motifs is 1. The van der Waals surface area contributed by atoms with Crippen LogP contribution in [0.15, 0.2) is 24.4 Å². The van der Waals surface area contributed by atoms with E-state index in [2.05, 4.69) is 15.6 Å². The summed E-state index contributed by atoms with van der Waals surface area (Å²) in [6, 6.07) is 4.74. The molecule has 112 valence electrons. The van der Waals surface area contributed by atoms with Crippen molar-refractivity contribution in [2.24, 2.45) is 0 Å². The van der Waals surface area contributed by atoms with E-state index in [0.29, 0.717) is 11.3 Å². The molecule has 1 atom stereocenters. The lowest BCUT2D eigenvalue weighted by Crippen LogP contribution is -2.46. The molecule has 0 aliphatic heterocycles. The number of anilines is 1. The van der Waals surface area contributed by atoms with E-state index in [4.69, 9.17) is 5.73 Å². The predicted octanol–water partition coefficient (Wildman–Crippen LogP) is 1.39. The Kier molecular flexibility index (Phi) is 4.16. The zero-order chi connectivity index (χ0) is 15.6. The average molecular weight is 288 g/mol. The number of nitrogens with two attached hydrogens (primary N) is 1. The molecule has 21 heavy (non-hydrogen) atoms. The van der Waals surface area contributed by atoms with Crippen molar-refractivity contribution in [1.82, 2.24) is 15.6 Å². The molecular formula is C15H20N4O2. The molecule has 1 heterocycles. The second kappa shape index (κ2) is 5.87. The van der Waals surface area contributed by atoms with Crippen LogP contribution in [0.4, 0.5) is 5.69 Å². The van der Waals surface area contributed by atoms with E-state index in [1.807, 2.05) is 19.9 Å². The first-order valence-electron chi connectivity index (χ1n) is 6.86. The number of H-pyrrole nitrogens is 1. The molecule has 5 N–H and O–H groups in total. The van der Waals surface area contributed by atoms with Gasteiger partial charge in [0, 0.05) is 28.8 Å². The summed E-state index contributed by atoms with van der Waals surface area (Å²) in [4.78, 5) is 27.1. The van der Waals surface area contributed by atoms with Crippen LogP contribution < -0.4 is 16.4 Å². The van der Waals surface area contributed by atoms with Crippen LogP contribution in [0.1, 0.15) is 31.1 Å². The summed E-state index contributed by atoms with van der Waals surface area (Å²) >= 11 is 0. The van der Waals surface area contributed by atoms with Crippen molar-refractivity contribution in [3.05, 3.63) is 30.0 Å². The van der Waals surface area contributed by atoms with Crippen LogP contribution in [0.2, 0.25) is 0 Å². The molecule has 0 saturated heterocycles. The first-order chi connectivity index (χ1) is 9.88. The lowest BCUT2D eigenvalue weighted by atomic mass is 10.1. The molecule has 0 aliphatic rings. The molecule has 0 saturated carbocycles. The van der Waals surface area contributed by atoms with E-state index in [1.165, 1.54) is 0 Å². The highest BCUT2D eigenvalue weighted by molar-refractivity contribution is 6.08. The molecule has 1 aromatic carbocycles. The molecule has 2 rings (SSSR count). The van der Waals surface area contributed by atoms with E-state index in [9.17, 15) is 9.59 Å². The maximum absolute atomic E-state index is 12.3. The standard InChI is InChI=1S/C15H20N4O2/c1-8(2)18-14(20)9(3)19-15(21)12-7-17-13-5-4-10(16)6-11(12)13/h4-9,17H,16H2,1-3H3,(H,18,20)(H,19,21). The maximum atomic E-state index is 12.3. The first kappa shape index (κ1) is 14.9. The minimum atomic E-state index is -0.606. The minimum Gasteiger partial charge on any atom is -0.399 e. The van der Waals surface area contributed by atoms with Crippen molar-refractivity contribution < 1.29 is 9.59 Å². The molecule has 0 aliphatic carbocycles. The summed E-state index contributed by atoms with van der Waals surface area (Å²) in [6.07, 6.45) is 1.62. The molecule has 6 nitrogen and oxygen atoms in total. The van der Waals surface area contributed by atoms with Gasteiger partial charge in [-0.3, -0.25) is 9.59 Å². The number of carbonyl (C=O) groups excluding carboxylic acids is 2. The summed E-state index contributed by atoms with van der Waals surface area (Å²) in [7, 11) is 0. The van der Waals surface area contributed by atoms with Crippen LogP contribution in [0.25, 0.3) is 10.9 Å². The van der Waals surface area contributed by atoms with E-state index in [1.54, 1.807) is 25.3 Å². The Morgan fingerprint density at radius 1 is 1.19 bits per heavy atom. The molecule has 0 spiro atoms. The normalized spacial score (nSPS) is 12.4. The number of nitrogens with one attached hydrogen (secondary N) is 3. The van der Waals surface area contributed by atoms with Gasteiger partial charge in [-0.1, -0.05) is 0 Å². The fourth-order valence-electron chi connectivity index (χ4n) is 2.08. The van der Waals surface area contributed by atoms with E-state index < -0.39 is 6.04 Å². The Bertz CT molecular complexity index is 675. The SMILES string of the molecule is CC(C)NC(=O)C(C)NC(=O)c1c[nH]c2ccc(N)cc12. The first-order valence-corrected chi connectivity index (χ1v) is 6.86. The number of aromatic amines is 1. The van der Waals surface area contributed by atoms with Crippen LogP contribution in [0.3, 0.4) is 0 Å². The Labute approximate surface area is 123 Å². The smallest absolute Gasteiger partial charge is 0.254 e. The van der Waals surface area contributed by atoms with Gasteiger partial charge in [0.05, 0.1) is 5.56 Å². The van der Waals surface area contributed by atoms with E-state index >= 15 is 0 Å². The maximum Gasteiger partial charge on any atom is 0.254 e. The van der Waals surface area contributed by atoms with Crippen molar-refractivity contribution in [2.45, 2.75) is 32.9 Å². The molecule has 0 bridgehead atoms. The number of benzene rings is 1. The number of rotatable bonds is 4. The van der Waals surface area contributed by atoms with Crippen LogP contribution >= 0.6 is 0 Å². The van der Waals surface area contributed by atoms with Crippen LogP contribution in [0, 0.1) is 0 Å². The highest BCUT2D eigenvalue weighted by Crippen LogP contribution is 2.20. The summed E-state index contributed by atoms with van der Waals surface area (Å²) < 4.78 is 0. The molecule has 0 fully saturated rings. The number of hydrogen-bond acceptors (Lipinski definition) is 3. The van der Waals surface area contributed by atoms with Crippen molar-refractivity contribution >= 4 is 28.4 Å². The van der Waals surface area contributed by atoms with Crippen LogP contribution in [-0.2, 0) is 4.79 Å². The third kappa shape index (κ3) is 3.34. The quantitative estimate of drug-likeness (QED) is 0.640. The Hall–Kier alpha value is -2.50. The number of amides is 2. The summed E-state index contributed by atoms with van der Waals surface area (Å²) in [6.45, 7) is 5.39. The number of hydrogen-bond donors (Lipinski definition) is 4. The average Bonchev–Trinajstić information content (AvgIpc) is 2.80. The third-order valence-corrected chi connectivity index (χ3v) is 3.12. The predicted molar refractivity (Wildman–Crippen MR) is 82.9 cm³/mol. The van der Waals surface area contributed by atoms with Gasteiger partial charge in [-0.2, -0.15) is 0 Å². The number of carbonyl (C=O) groups is 2. The Balaban J connectivity index is 2.15. The van der Waals surface area contributed by atoms with E-state index in [-0.39, 0.29) is 17.9 Å². The zero-order valence-electron chi connectivity index (χ0n) is 12.4. The Morgan fingerprint density at radius 2 is 1.90 bits per heavy atom. The largest absolute Gasteiger partial charge is 0.399 e. The van der Waals surface area contributed by atoms with Crippen molar-refractivity contribution in [2.75, 3.05) is 5.73 Å². The van der Waals surface area contributed by atoms with E-state index in [0.717, 1.165) is 10.9 Å². The topological polar surface area (TPSA) is 100 Å². The Morgan fingerprint density at radius 3 is 2.57 bits per heavy atom. The molecule has 0 radical (unpaired) electrons. The summed E-state index contributed by atoms with van der Waals surface area (Å²) in [5, 5.41) is 6.18. The van der Waals surface area contributed by atoms with Gasteiger partial charge in [0.2, 0.25) is 5.91 Å². The van der Waals surface area contributed by atoms with Crippen molar-refractivity contribution in [3.63, 3.8) is 0 Å². The van der Waals surface area contributed by atoms with Gasteiger partial charge in [0.25, 0.3) is 5.91 Å². The summed E-state index contributed by atoms with van der Waals surface area (Å²) in [5.74, 6) is -0.518. The molecule has 2 aromatic rings. The second-order valence-corrected chi connectivity index (χ2v) is 5.37. The van der Waals surface area contributed by atoms with Gasteiger partial charge in [0.15, 0.2) is 0 Å². The lowest BCUT2D eigenvalue weighted by molar-refractivity contribution is -0.123. The van der Waals surface area contributed by atoms with Gasteiger partial charge in [-0.15, -0.1) is 0 Å². The van der Waals surface area contributed by atoms with Gasteiger partial charge < -0.3 is 21.4 Å². The van der Waals surface area contributed by atoms with Gasteiger partial charge >= 0.3 is 0 Å². The third-order valence-electron chi connectivity index (χ3n) is 3.12. The zero-order valence-corrected chi connectivity index (χ0v) is 12.4. The van der Waals surface area contributed by atoms with Gasteiger partial charge in [-0.25, -0.2) is 0 Å². The molecule has 1 aromatic heterocycles. The molecular weight excluding hydrogens is 268 g/mol. The van der Waals surface area contributed by atoms with Gasteiger partial charge in [-0.05, 0) is 39.0 Å². The monoisotopic (exact) mass is 288 g/mol. The lowest BCUT2D eigenvalue weighted by Gasteiger charge is -2.15. The summed E-state index contributed by atoms with van der Waals surface area (Å²) in [5.41, 5.74) is 7.63. The molecule has 2 amide bonds. The second-order valence-electron chi connectivity index (χ2n) is 5.37. The fourth-order valence-corrected chi connectivity index (χ4v) is 2.08. The highest BCUT2D eigenvalue weighted by atomic mass is 16.2. The minimum absolute atomic E-state index is 0.0322. The van der Waals surface area contributed by atoms with Crippen LogP contribution in [-0.4, -0.2) is 28.9 Å². The van der Waals surface area contributed by atoms with Crippen molar-refractivity contribution in [3.8, 4) is 0 Å². The molecule has 6 heteroatoms. The fraction of sp³-hybridized carbons (Fsp3) is 0.333. The number of nitrogen functional groups attached to an aromatic ring is 1. The van der Waals surface area contributed by atoms with Gasteiger partial charge in [0.1, 0.15) is 6.04 Å². The van der Waals surface area contributed by atoms with Crippen molar-refractivity contribution in [1.29, 1.82) is 0 Å². The molecule has 1 unspecified atom stereocenters. The highest BCUT2D eigenvalue weighted by Gasteiger charge is 2.19.